The summed E-state index contributed by atoms with van der Waals surface area (Å²) in [5, 5.41) is 4.36. The van der Waals surface area contributed by atoms with Gasteiger partial charge in [-0.2, -0.15) is 5.10 Å². The van der Waals surface area contributed by atoms with Crippen LogP contribution in [0.25, 0.3) is 0 Å². The average Bonchev–Trinajstić information content (AvgIpc) is 2.73. The maximum absolute atomic E-state index is 12.3. The number of nitrogen functional groups attached to an aromatic ring is 1. The number of nitrogens with two attached hydrogens (primary N) is 1. The zero-order chi connectivity index (χ0) is 14.0. The molecule has 0 spiro atoms. The predicted octanol–water partition coefficient (Wildman–Crippen LogP) is 2.30. The third-order valence-electron chi connectivity index (χ3n) is 3.41. The zero-order valence-electron chi connectivity index (χ0n) is 11.6. The molecule has 4 heteroatoms. The second-order valence-electron chi connectivity index (χ2n) is 4.72. The van der Waals surface area contributed by atoms with Crippen LogP contribution in [0.1, 0.15) is 34.2 Å². The Bertz CT molecular complexity index is 614. The molecule has 1 aromatic heterocycles. The zero-order valence-corrected chi connectivity index (χ0v) is 11.6. The third kappa shape index (κ3) is 2.67. The summed E-state index contributed by atoms with van der Waals surface area (Å²) in [4.78, 5) is 12.3. The van der Waals surface area contributed by atoms with Crippen molar-refractivity contribution in [2.45, 2.75) is 26.7 Å². The van der Waals surface area contributed by atoms with E-state index < -0.39 is 0 Å². The van der Waals surface area contributed by atoms with Gasteiger partial charge in [0.05, 0.1) is 12.1 Å². The van der Waals surface area contributed by atoms with Gasteiger partial charge in [-0.3, -0.25) is 9.48 Å². The quantitative estimate of drug-likeness (QED) is 0.675. The average molecular weight is 257 g/mol. The number of ketones is 1. The summed E-state index contributed by atoms with van der Waals surface area (Å²) in [7, 11) is 1.87. The number of Topliss-reactive ketones (excluding diaryl/α,β-unsaturated/α-hetero) is 1. The topological polar surface area (TPSA) is 60.9 Å². The van der Waals surface area contributed by atoms with Crippen LogP contribution in [0.15, 0.2) is 24.3 Å². The number of rotatable bonds is 4. The fourth-order valence-corrected chi connectivity index (χ4v) is 2.13. The van der Waals surface area contributed by atoms with Crippen LogP contribution in [0, 0.1) is 6.92 Å². The molecule has 2 rings (SSSR count). The fraction of sp³-hybridized carbons (Fsp3) is 0.333. The van der Waals surface area contributed by atoms with Crippen LogP contribution in [0.3, 0.4) is 0 Å². The number of hydrogen-bond acceptors (Lipinski definition) is 3. The van der Waals surface area contributed by atoms with Crippen LogP contribution in [0.5, 0.6) is 0 Å². The summed E-state index contributed by atoms with van der Waals surface area (Å²) in [6.07, 6.45) is 1.23. The molecule has 0 bridgehead atoms. The Balaban J connectivity index is 2.25. The van der Waals surface area contributed by atoms with E-state index in [2.05, 4.69) is 12.0 Å². The molecule has 0 saturated carbocycles. The van der Waals surface area contributed by atoms with Gasteiger partial charge in [-0.05, 0) is 31.0 Å². The Kier molecular flexibility index (Phi) is 3.69. The Morgan fingerprint density at radius 3 is 2.79 bits per heavy atom. The van der Waals surface area contributed by atoms with Gasteiger partial charge in [-0.15, -0.1) is 0 Å². The largest absolute Gasteiger partial charge is 0.398 e. The Hall–Kier alpha value is -2.10. The number of aryl methyl sites for hydroxylation is 2. The van der Waals surface area contributed by atoms with Crippen LogP contribution >= 0.6 is 0 Å². The highest BCUT2D eigenvalue weighted by Gasteiger charge is 2.14. The van der Waals surface area contributed by atoms with Crippen LogP contribution in [0.4, 0.5) is 5.69 Å². The molecule has 2 N–H and O–H groups in total. The lowest BCUT2D eigenvalue weighted by atomic mass is 10.00. The molecule has 0 aliphatic carbocycles. The molecule has 4 nitrogen and oxygen atoms in total. The van der Waals surface area contributed by atoms with Gasteiger partial charge in [0.2, 0.25) is 0 Å². The first-order valence-corrected chi connectivity index (χ1v) is 6.43. The number of carbonyl (C=O) groups excluding carboxylic acids is 1. The summed E-state index contributed by atoms with van der Waals surface area (Å²) >= 11 is 0. The summed E-state index contributed by atoms with van der Waals surface area (Å²) in [5.74, 6) is 0.0791. The second kappa shape index (κ2) is 5.26. The molecule has 0 amide bonds. The predicted molar refractivity (Wildman–Crippen MR) is 76.2 cm³/mol. The number of nitrogens with zero attached hydrogens (tertiary/aromatic N) is 2. The molecular weight excluding hydrogens is 238 g/mol. The highest BCUT2D eigenvalue weighted by molar-refractivity contribution is 5.99. The molecule has 1 aromatic carbocycles. The van der Waals surface area contributed by atoms with Crippen molar-refractivity contribution in [3.8, 4) is 0 Å². The summed E-state index contributed by atoms with van der Waals surface area (Å²) in [5.41, 5.74) is 9.98. The molecule has 0 atom stereocenters. The molecule has 0 saturated heterocycles. The number of anilines is 1. The minimum absolute atomic E-state index is 0.0791. The van der Waals surface area contributed by atoms with Crippen LogP contribution < -0.4 is 5.73 Å². The van der Waals surface area contributed by atoms with Crippen molar-refractivity contribution in [1.82, 2.24) is 9.78 Å². The minimum Gasteiger partial charge on any atom is -0.398 e. The highest BCUT2D eigenvalue weighted by atomic mass is 16.1. The summed E-state index contributed by atoms with van der Waals surface area (Å²) in [6, 6.07) is 7.44. The van der Waals surface area contributed by atoms with E-state index in [0.717, 1.165) is 23.4 Å². The molecular formula is C15H19N3O. The van der Waals surface area contributed by atoms with E-state index in [-0.39, 0.29) is 5.78 Å². The standard InChI is InChI=1S/C15H19N3O/c1-4-11-8-12(18(3)17-11)9-15(19)13-6-5-7-14(16)10(13)2/h5-8H,4,9,16H2,1-3H3. The highest BCUT2D eigenvalue weighted by Crippen LogP contribution is 2.18. The maximum atomic E-state index is 12.3. The first-order valence-electron chi connectivity index (χ1n) is 6.43. The minimum atomic E-state index is 0.0791. The van der Waals surface area contributed by atoms with E-state index in [1.54, 1.807) is 4.68 Å². The van der Waals surface area contributed by atoms with Crippen molar-refractivity contribution in [2.24, 2.45) is 7.05 Å². The Labute approximate surface area is 113 Å². The van der Waals surface area contributed by atoms with Crippen LogP contribution in [-0.4, -0.2) is 15.6 Å². The van der Waals surface area contributed by atoms with Gasteiger partial charge in [-0.1, -0.05) is 19.1 Å². The van der Waals surface area contributed by atoms with Gasteiger partial charge in [0, 0.05) is 24.0 Å². The van der Waals surface area contributed by atoms with E-state index in [9.17, 15) is 4.79 Å². The van der Waals surface area contributed by atoms with Crippen molar-refractivity contribution >= 4 is 11.5 Å². The molecule has 0 radical (unpaired) electrons. The SMILES string of the molecule is CCc1cc(CC(=O)c2cccc(N)c2C)n(C)n1. The molecule has 19 heavy (non-hydrogen) atoms. The molecule has 0 unspecified atom stereocenters. The third-order valence-corrected chi connectivity index (χ3v) is 3.41. The van der Waals surface area contributed by atoms with E-state index in [1.807, 2.05) is 38.2 Å². The monoisotopic (exact) mass is 257 g/mol. The lowest BCUT2D eigenvalue weighted by Crippen LogP contribution is -2.10. The first-order chi connectivity index (χ1) is 9.02. The molecule has 0 aliphatic heterocycles. The van der Waals surface area contributed by atoms with E-state index in [1.165, 1.54) is 0 Å². The van der Waals surface area contributed by atoms with Gasteiger partial charge < -0.3 is 5.73 Å². The molecule has 1 heterocycles. The van der Waals surface area contributed by atoms with Gasteiger partial charge in [-0.25, -0.2) is 0 Å². The summed E-state index contributed by atoms with van der Waals surface area (Å²) < 4.78 is 1.78. The van der Waals surface area contributed by atoms with Gasteiger partial charge >= 0.3 is 0 Å². The first kappa shape index (κ1) is 13.3. The molecule has 0 fully saturated rings. The fourth-order valence-electron chi connectivity index (χ4n) is 2.13. The number of carbonyl (C=O) groups is 1. The van der Waals surface area contributed by atoms with Gasteiger partial charge in [0.15, 0.2) is 5.78 Å². The Morgan fingerprint density at radius 2 is 2.16 bits per heavy atom. The van der Waals surface area contributed by atoms with Crippen molar-refractivity contribution in [3.63, 3.8) is 0 Å². The Morgan fingerprint density at radius 1 is 1.42 bits per heavy atom. The van der Waals surface area contributed by atoms with Crippen LogP contribution in [0.2, 0.25) is 0 Å². The number of benzene rings is 1. The van der Waals surface area contributed by atoms with E-state index >= 15 is 0 Å². The van der Waals surface area contributed by atoms with Crippen LogP contribution in [-0.2, 0) is 19.9 Å². The number of hydrogen-bond donors (Lipinski definition) is 1. The van der Waals surface area contributed by atoms with E-state index in [4.69, 9.17) is 5.73 Å². The van der Waals surface area contributed by atoms with Crippen molar-refractivity contribution in [1.29, 1.82) is 0 Å². The van der Waals surface area contributed by atoms with Gasteiger partial charge in [0.1, 0.15) is 0 Å². The lowest BCUT2D eigenvalue weighted by Gasteiger charge is -2.07. The number of aromatic nitrogens is 2. The van der Waals surface area contributed by atoms with E-state index in [0.29, 0.717) is 17.7 Å². The van der Waals surface area contributed by atoms with Crippen molar-refractivity contribution in [2.75, 3.05) is 5.73 Å². The van der Waals surface area contributed by atoms with Crippen molar-refractivity contribution in [3.05, 3.63) is 46.8 Å². The maximum Gasteiger partial charge on any atom is 0.169 e. The molecule has 0 aliphatic rings. The smallest absolute Gasteiger partial charge is 0.169 e. The summed E-state index contributed by atoms with van der Waals surface area (Å²) in [6.45, 7) is 3.93. The molecule has 2 aromatic rings. The second-order valence-corrected chi connectivity index (χ2v) is 4.72. The van der Waals surface area contributed by atoms with Crippen molar-refractivity contribution < 1.29 is 4.79 Å². The lowest BCUT2D eigenvalue weighted by molar-refractivity contribution is 0.0990. The van der Waals surface area contributed by atoms with Gasteiger partial charge in [0.25, 0.3) is 0 Å². The molecule has 100 valence electrons. The normalized spacial score (nSPS) is 10.7.